The zero-order chi connectivity index (χ0) is 16.5. The molecule has 0 fully saturated rings. The Morgan fingerprint density at radius 3 is 2.83 bits per heavy atom. The predicted octanol–water partition coefficient (Wildman–Crippen LogP) is 4.91. The van der Waals surface area contributed by atoms with E-state index in [0.29, 0.717) is 0 Å². The van der Waals surface area contributed by atoms with E-state index in [9.17, 15) is 0 Å². The lowest BCUT2D eigenvalue weighted by Crippen LogP contribution is -2.37. The molecule has 1 unspecified atom stereocenters. The highest BCUT2D eigenvalue weighted by atomic mass is 79.9. The second kappa shape index (κ2) is 4.85. The number of imidazole rings is 1. The molecule has 122 valence electrons. The summed E-state index contributed by atoms with van der Waals surface area (Å²) < 4.78 is 3.39. The van der Waals surface area contributed by atoms with E-state index in [1.165, 1.54) is 39.0 Å². The van der Waals surface area contributed by atoms with Crippen molar-refractivity contribution < 1.29 is 0 Å². The minimum Gasteiger partial charge on any atom is -0.372 e. The summed E-state index contributed by atoms with van der Waals surface area (Å²) >= 11 is 3.79. The quantitative estimate of drug-likeness (QED) is 0.599. The summed E-state index contributed by atoms with van der Waals surface area (Å²) in [6.07, 6.45) is 6.73. The molecule has 24 heavy (non-hydrogen) atoms. The van der Waals surface area contributed by atoms with Crippen molar-refractivity contribution in [2.45, 2.75) is 45.1 Å². The van der Waals surface area contributed by atoms with Gasteiger partial charge in [-0.25, -0.2) is 4.98 Å². The number of nitrogens with one attached hydrogen (secondary N) is 1. The van der Waals surface area contributed by atoms with Gasteiger partial charge in [0.2, 0.25) is 0 Å². The van der Waals surface area contributed by atoms with Crippen LogP contribution in [-0.2, 0) is 18.4 Å². The van der Waals surface area contributed by atoms with Crippen LogP contribution in [0.2, 0.25) is 0 Å². The van der Waals surface area contributed by atoms with E-state index in [1.807, 2.05) is 0 Å². The number of benzene rings is 1. The standard InChI is InChI=1S/C20H20BrN3/c1-12-13(2)24-11-17(21)15-8-10-20(23-18(15)19(24)22-12)9-7-14-5-3-4-6-16(14)20/h3-6,11,23H,7-10H2,1-2H3. The second-order valence-corrected chi connectivity index (χ2v) is 8.03. The number of halogens is 1. The number of nitrogens with zero attached hydrogens (tertiary/aromatic N) is 2. The molecule has 2 aliphatic rings. The first-order valence-electron chi connectivity index (χ1n) is 8.62. The number of hydrogen-bond donors (Lipinski definition) is 1. The molecule has 4 heteroatoms. The monoisotopic (exact) mass is 381 g/mol. The molecule has 5 rings (SSSR count). The first-order chi connectivity index (χ1) is 11.6. The normalized spacial score (nSPS) is 21.8. The van der Waals surface area contributed by atoms with Crippen LogP contribution in [0.25, 0.3) is 5.65 Å². The number of hydrogen-bond acceptors (Lipinski definition) is 2. The zero-order valence-electron chi connectivity index (χ0n) is 14.0. The topological polar surface area (TPSA) is 29.3 Å². The van der Waals surface area contributed by atoms with Gasteiger partial charge in [-0.1, -0.05) is 24.3 Å². The van der Waals surface area contributed by atoms with Gasteiger partial charge in [-0.15, -0.1) is 0 Å². The number of anilines is 1. The molecular formula is C20H20BrN3. The third-order valence-corrected chi connectivity index (χ3v) is 6.65. The minimum absolute atomic E-state index is 0.0681. The van der Waals surface area contributed by atoms with Gasteiger partial charge in [-0.05, 0) is 72.2 Å². The Kier molecular flexibility index (Phi) is 2.94. The third-order valence-electron chi connectivity index (χ3n) is 5.96. The molecule has 1 aliphatic carbocycles. The van der Waals surface area contributed by atoms with Crippen LogP contribution in [0.3, 0.4) is 0 Å². The summed E-state index contributed by atoms with van der Waals surface area (Å²) in [5.74, 6) is 0. The number of aromatic nitrogens is 2. The van der Waals surface area contributed by atoms with Crippen LogP contribution >= 0.6 is 15.9 Å². The van der Waals surface area contributed by atoms with Crippen molar-refractivity contribution in [1.82, 2.24) is 9.38 Å². The van der Waals surface area contributed by atoms with E-state index in [-0.39, 0.29) is 5.54 Å². The molecule has 0 bridgehead atoms. The maximum atomic E-state index is 4.86. The molecule has 1 N–H and O–H groups in total. The molecule has 1 aliphatic heterocycles. The van der Waals surface area contributed by atoms with E-state index in [0.717, 1.165) is 30.6 Å². The van der Waals surface area contributed by atoms with Crippen LogP contribution in [0, 0.1) is 13.8 Å². The van der Waals surface area contributed by atoms with E-state index in [2.05, 4.69) is 70.0 Å². The van der Waals surface area contributed by atoms with Crippen LogP contribution in [0.4, 0.5) is 5.69 Å². The van der Waals surface area contributed by atoms with Gasteiger partial charge in [0, 0.05) is 16.4 Å². The van der Waals surface area contributed by atoms with Gasteiger partial charge in [0.05, 0.1) is 16.9 Å². The summed E-state index contributed by atoms with van der Waals surface area (Å²) in [6.45, 7) is 4.23. The Hall–Kier alpha value is -1.81. The Balaban J connectivity index is 1.73. The van der Waals surface area contributed by atoms with Crippen molar-refractivity contribution >= 4 is 27.3 Å². The Morgan fingerprint density at radius 2 is 1.96 bits per heavy atom. The van der Waals surface area contributed by atoms with Gasteiger partial charge in [-0.3, -0.25) is 0 Å². The van der Waals surface area contributed by atoms with E-state index < -0.39 is 0 Å². The third kappa shape index (κ3) is 1.80. The SMILES string of the molecule is Cc1nc2c3c(c(Br)cn2c1C)CCC1(CCc2ccccc21)N3. The minimum atomic E-state index is 0.0681. The lowest BCUT2D eigenvalue weighted by atomic mass is 9.82. The average Bonchev–Trinajstić information content (AvgIpc) is 3.08. The number of fused-ring (bicyclic) bond motifs is 5. The van der Waals surface area contributed by atoms with Crippen molar-refractivity contribution in [2.24, 2.45) is 0 Å². The molecule has 3 heterocycles. The van der Waals surface area contributed by atoms with Crippen LogP contribution in [-0.4, -0.2) is 9.38 Å². The fourth-order valence-corrected chi connectivity index (χ4v) is 5.10. The summed E-state index contributed by atoms with van der Waals surface area (Å²) in [4.78, 5) is 4.86. The van der Waals surface area contributed by atoms with Gasteiger partial charge < -0.3 is 9.72 Å². The summed E-state index contributed by atoms with van der Waals surface area (Å²) in [6, 6.07) is 8.91. The van der Waals surface area contributed by atoms with Gasteiger partial charge >= 0.3 is 0 Å². The number of aryl methyl sites for hydroxylation is 3. The predicted molar refractivity (Wildman–Crippen MR) is 101 cm³/mol. The van der Waals surface area contributed by atoms with Crippen LogP contribution < -0.4 is 5.32 Å². The van der Waals surface area contributed by atoms with E-state index >= 15 is 0 Å². The first kappa shape index (κ1) is 14.5. The highest BCUT2D eigenvalue weighted by molar-refractivity contribution is 9.10. The average molecular weight is 382 g/mol. The Labute approximate surface area is 150 Å². The molecular weight excluding hydrogens is 362 g/mol. The van der Waals surface area contributed by atoms with E-state index in [1.54, 1.807) is 0 Å². The maximum Gasteiger partial charge on any atom is 0.161 e. The highest BCUT2D eigenvalue weighted by Crippen LogP contribution is 2.48. The number of rotatable bonds is 0. The molecule has 1 spiro atoms. The second-order valence-electron chi connectivity index (χ2n) is 7.17. The van der Waals surface area contributed by atoms with Crippen LogP contribution in [0.15, 0.2) is 34.9 Å². The molecule has 0 saturated heterocycles. The molecule has 1 atom stereocenters. The Bertz CT molecular complexity index is 988. The smallest absolute Gasteiger partial charge is 0.161 e. The molecule has 2 aromatic heterocycles. The van der Waals surface area contributed by atoms with Crippen LogP contribution in [0.5, 0.6) is 0 Å². The lowest BCUT2D eigenvalue weighted by molar-refractivity contribution is 0.433. The molecule has 3 nitrogen and oxygen atoms in total. The van der Waals surface area contributed by atoms with E-state index in [4.69, 9.17) is 4.98 Å². The van der Waals surface area contributed by atoms with Gasteiger partial charge in [-0.2, -0.15) is 0 Å². The van der Waals surface area contributed by atoms with Crippen molar-refractivity contribution in [1.29, 1.82) is 0 Å². The van der Waals surface area contributed by atoms with Gasteiger partial charge in [0.25, 0.3) is 0 Å². The molecule has 0 amide bonds. The largest absolute Gasteiger partial charge is 0.372 e. The molecule has 3 aromatic rings. The highest BCUT2D eigenvalue weighted by Gasteiger charge is 2.42. The maximum absolute atomic E-state index is 4.86. The van der Waals surface area contributed by atoms with Crippen molar-refractivity contribution in [3.63, 3.8) is 0 Å². The summed E-state index contributed by atoms with van der Waals surface area (Å²) in [7, 11) is 0. The van der Waals surface area contributed by atoms with Gasteiger partial charge in [0.1, 0.15) is 0 Å². The summed E-state index contributed by atoms with van der Waals surface area (Å²) in [5, 5.41) is 3.94. The fraction of sp³-hybridized carbons (Fsp3) is 0.350. The number of pyridine rings is 1. The Morgan fingerprint density at radius 1 is 1.17 bits per heavy atom. The van der Waals surface area contributed by atoms with Crippen molar-refractivity contribution in [3.8, 4) is 0 Å². The molecule has 1 aromatic carbocycles. The van der Waals surface area contributed by atoms with Crippen LogP contribution in [0.1, 0.15) is 40.9 Å². The van der Waals surface area contributed by atoms with Crippen molar-refractivity contribution in [3.05, 3.63) is 63.0 Å². The van der Waals surface area contributed by atoms with Crippen molar-refractivity contribution in [2.75, 3.05) is 5.32 Å². The van der Waals surface area contributed by atoms with Gasteiger partial charge in [0.15, 0.2) is 5.65 Å². The molecule has 0 saturated carbocycles. The fourth-order valence-electron chi connectivity index (χ4n) is 4.50. The first-order valence-corrected chi connectivity index (χ1v) is 9.41. The lowest BCUT2D eigenvalue weighted by Gasteiger charge is -2.38. The molecule has 0 radical (unpaired) electrons. The summed E-state index contributed by atoms with van der Waals surface area (Å²) in [5.41, 5.74) is 8.99. The zero-order valence-corrected chi connectivity index (χ0v) is 15.6.